The van der Waals surface area contributed by atoms with Crippen LogP contribution in [0.3, 0.4) is 0 Å². The number of para-hydroxylation sites is 1. The molecule has 0 spiro atoms. The molecule has 31 heavy (non-hydrogen) atoms. The summed E-state index contributed by atoms with van der Waals surface area (Å²) in [5.74, 6) is 0. The molecule has 0 unspecified atom stereocenters. The summed E-state index contributed by atoms with van der Waals surface area (Å²) >= 11 is 0. The number of allylic oxidation sites excluding steroid dienone is 1. The van der Waals surface area contributed by atoms with E-state index in [1.807, 2.05) is 6.07 Å². The smallest absolute Gasteiger partial charge is 0.0461 e. The van der Waals surface area contributed by atoms with Crippen molar-refractivity contribution in [3.05, 3.63) is 120 Å². The molecule has 0 heterocycles. The van der Waals surface area contributed by atoms with Crippen molar-refractivity contribution in [3.63, 3.8) is 0 Å². The van der Waals surface area contributed by atoms with E-state index >= 15 is 0 Å². The van der Waals surface area contributed by atoms with Gasteiger partial charge in [0.25, 0.3) is 0 Å². The van der Waals surface area contributed by atoms with E-state index in [4.69, 9.17) is 0 Å². The van der Waals surface area contributed by atoms with Crippen LogP contribution in [0.4, 0.5) is 11.4 Å². The highest BCUT2D eigenvalue weighted by atomic mass is 15.1. The van der Waals surface area contributed by atoms with Gasteiger partial charge in [0.1, 0.15) is 0 Å². The summed E-state index contributed by atoms with van der Waals surface area (Å²) in [6.45, 7) is 11.0. The summed E-state index contributed by atoms with van der Waals surface area (Å²) in [5.41, 5.74) is 11.2. The Labute approximate surface area is 185 Å². The SMILES string of the molecule is C=C(C)N(c1ccccc1)c1ccc2c(c1)C(C)(C)c1cc(-c3ccccc3)ccc1-2. The maximum absolute atomic E-state index is 4.25. The second-order valence-corrected chi connectivity index (χ2v) is 8.89. The molecule has 0 aromatic heterocycles. The molecule has 4 aromatic rings. The number of anilines is 2. The predicted octanol–water partition coefficient (Wildman–Crippen LogP) is 8.33. The first-order chi connectivity index (χ1) is 15.0. The van der Waals surface area contributed by atoms with Gasteiger partial charge in [-0.05, 0) is 70.6 Å². The predicted molar refractivity (Wildman–Crippen MR) is 133 cm³/mol. The largest absolute Gasteiger partial charge is 0.315 e. The third kappa shape index (κ3) is 3.18. The maximum atomic E-state index is 4.25. The summed E-state index contributed by atoms with van der Waals surface area (Å²) in [6, 6.07) is 34.8. The third-order valence-electron chi connectivity index (χ3n) is 6.42. The van der Waals surface area contributed by atoms with Gasteiger partial charge in [-0.25, -0.2) is 0 Å². The monoisotopic (exact) mass is 401 g/mol. The second kappa shape index (κ2) is 7.28. The van der Waals surface area contributed by atoms with Gasteiger partial charge in [0.2, 0.25) is 0 Å². The molecule has 0 aliphatic heterocycles. The third-order valence-corrected chi connectivity index (χ3v) is 6.42. The number of benzene rings is 4. The van der Waals surface area contributed by atoms with Crippen LogP contribution in [0, 0.1) is 0 Å². The van der Waals surface area contributed by atoms with E-state index in [-0.39, 0.29) is 5.41 Å². The zero-order valence-electron chi connectivity index (χ0n) is 18.4. The molecule has 0 bridgehead atoms. The summed E-state index contributed by atoms with van der Waals surface area (Å²) < 4.78 is 0. The van der Waals surface area contributed by atoms with Gasteiger partial charge in [-0.2, -0.15) is 0 Å². The first-order valence-electron chi connectivity index (χ1n) is 10.8. The average molecular weight is 402 g/mol. The van der Waals surface area contributed by atoms with Gasteiger partial charge < -0.3 is 4.90 Å². The molecule has 0 radical (unpaired) electrons. The summed E-state index contributed by atoms with van der Waals surface area (Å²) in [4.78, 5) is 2.23. The highest BCUT2D eigenvalue weighted by molar-refractivity contribution is 5.86. The van der Waals surface area contributed by atoms with Crippen molar-refractivity contribution >= 4 is 11.4 Å². The lowest BCUT2D eigenvalue weighted by Gasteiger charge is -2.28. The van der Waals surface area contributed by atoms with Crippen LogP contribution < -0.4 is 4.90 Å². The Bertz CT molecular complexity index is 1270. The molecule has 1 aliphatic carbocycles. The minimum atomic E-state index is -0.0666. The van der Waals surface area contributed by atoms with Crippen LogP contribution in [0.15, 0.2) is 109 Å². The zero-order chi connectivity index (χ0) is 21.6. The molecule has 0 fully saturated rings. The molecule has 1 aliphatic rings. The Morgan fingerprint density at radius 1 is 0.645 bits per heavy atom. The van der Waals surface area contributed by atoms with Crippen LogP contribution in [-0.4, -0.2) is 0 Å². The van der Waals surface area contributed by atoms with E-state index in [1.54, 1.807) is 0 Å². The first kappa shape index (κ1) is 19.4. The summed E-state index contributed by atoms with van der Waals surface area (Å²) in [7, 11) is 0. The van der Waals surface area contributed by atoms with Gasteiger partial charge in [0.05, 0.1) is 0 Å². The van der Waals surface area contributed by atoms with Crippen molar-refractivity contribution in [2.45, 2.75) is 26.2 Å². The number of rotatable bonds is 4. The van der Waals surface area contributed by atoms with Crippen LogP contribution in [0.2, 0.25) is 0 Å². The lowest BCUT2D eigenvalue weighted by atomic mass is 9.81. The highest BCUT2D eigenvalue weighted by Crippen LogP contribution is 2.51. The Morgan fingerprint density at radius 2 is 1.23 bits per heavy atom. The van der Waals surface area contributed by atoms with Gasteiger partial charge in [0.15, 0.2) is 0 Å². The molecule has 152 valence electrons. The van der Waals surface area contributed by atoms with Gasteiger partial charge in [-0.3, -0.25) is 0 Å². The molecule has 0 N–H and O–H groups in total. The van der Waals surface area contributed by atoms with E-state index in [9.17, 15) is 0 Å². The maximum Gasteiger partial charge on any atom is 0.0461 e. The number of hydrogen-bond donors (Lipinski definition) is 0. The normalized spacial score (nSPS) is 13.4. The van der Waals surface area contributed by atoms with Crippen molar-refractivity contribution in [3.8, 4) is 22.3 Å². The van der Waals surface area contributed by atoms with Crippen molar-refractivity contribution in [2.24, 2.45) is 0 Å². The van der Waals surface area contributed by atoms with Crippen molar-refractivity contribution in [1.29, 1.82) is 0 Å². The Morgan fingerprint density at radius 3 is 1.87 bits per heavy atom. The summed E-state index contributed by atoms with van der Waals surface area (Å²) in [6.07, 6.45) is 0. The average Bonchev–Trinajstić information content (AvgIpc) is 3.01. The molecule has 1 nitrogen and oxygen atoms in total. The topological polar surface area (TPSA) is 3.24 Å². The van der Waals surface area contributed by atoms with Gasteiger partial charge in [-0.1, -0.05) is 87.2 Å². The Balaban J connectivity index is 1.62. The van der Waals surface area contributed by atoms with Crippen LogP contribution in [0.1, 0.15) is 31.9 Å². The molecule has 0 saturated heterocycles. The molecular weight excluding hydrogens is 374 g/mol. The van der Waals surface area contributed by atoms with E-state index < -0.39 is 0 Å². The Hall–Kier alpha value is -3.58. The fourth-order valence-corrected chi connectivity index (χ4v) is 4.84. The molecule has 0 atom stereocenters. The minimum Gasteiger partial charge on any atom is -0.315 e. The zero-order valence-corrected chi connectivity index (χ0v) is 18.4. The quantitative estimate of drug-likeness (QED) is 0.332. The van der Waals surface area contributed by atoms with E-state index in [0.29, 0.717) is 0 Å². The van der Waals surface area contributed by atoms with Gasteiger partial charge >= 0.3 is 0 Å². The second-order valence-electron chi connectivity index (χ2n) is 8.89. The number of fused-ring (bicyclic) bond motifs is 3. The number of nitrogens with zero attached hydrogens (tertiary/aromatic N) is 1. The molecule has 0 amide bonds. The molecule has 1 heteroatoms. The highest BCUT2D eigenvalue weighted by Gasteiger charge is 2.36. The van der Waals surface area contributed by atoms with Crippen LogP contribution in [0.5, 0.6) is 0 Å². The lowest BCUT2D eigenvalue weighted by Crippen LogP contribution is -2.17. The number of hydrogen-bond acceptors (Lipinski definition) is 1. The van der Waals surface area contributed by atoms with Crippen LogP contribution >= 0.6 is 0 Å². The molecule has 5 rings (SSSR count). The lowest BCUT2D eigenvalue weighted by molar-refractivity contribution is 0.660. The fourth-order valence-electron chi connectivity index (χ4n) is 4.84. The van der Waals surface area contributed by atoms with Crippen LogP contribution in [0.25, 0.3) is 22.3 Å². The van der Waals surface area contributed by atoms with E-state index in [0.717, 1.165) is 17.1 Å². The van der Waals surface area contributed by atoms with Gasteiger partial charge in [-0.15, -0.1) is 0 Å². The van der Waals surface area contributed by atoms with Crippen molar-refractivity contribution in [1.82, 2.24) is 0 Å². The molecular formula is C30H27N. The first-order valence-corrected chi connectivity index (χ1v) is 10.8. The minimum absolute atomic E-state index is 0.0666. The van der Waals surface area contributed by atoms with Crippen LogP contribution in [-0.2, 0) is 5.41 Å². The van der Waals surface area contributed by atoms with Gasteiger partial charge in [0, 0.05) is 22.5 Å². The summed E-state index contributed by atoms with van der Waals surface area (Å²) in [5, 5.41) is 0. The molecule has 0 saturated carbocycles. The Kier molecular flexibility index (Phi) is 4.55. The standard InChI is InChI=1S/C30H27N/c1-21(2)31(24-13-9-6-10-14-24)25-16-18-27-26-17-15-23(22-11-7-5-8-12-22)19-28(26)30(3,4)29(27)20-25/h5-20H,1H2,2-4H3. The van der Waals surface area contributed by atoms with E-state index in [1.165, 1.54) is 33.4 Å². The molecule has 4 aromatic carbocycles. The van der Waals surface area contributed by atoms with E-state index in [2.05, 4.69) is 123 Å². The van der Waals surface area contributed by atoms with Crippen molar-refractivity contribution < 1.29 is 0 Å². The van der Waals surface area contributed by atoms with Crippen molar-refractivity contribution in [2.75, 3.05) is 4.90 Å². The fraction of sp³-hybridized carbons (Fsp3) is 0.133.